The molecule has 45 heavy (non-hydrogen) atoms. The van der Waals surface area contributed by atoms with Gasteiger partial charge in [0.15, 0.2) is 5.76 Å². The number of nitrogens with zero attached hydrogens (tertiary/aromatic N) is 3. The number of benzene rings is 1. The zero-order valence-electron chi connectivity index (χ0n) is 25.3. The van der Waals surface area contributed by atoms with Gasteiger partial charge in [-0.25, -0.2) is 13.4 Å². The lowest BCUT2D eigenvalue weighted by Gasteiger charge is -2.35. The molecule has 2 heterocycles. The molecule has 1 saturated carbocycles. The molecule has 246 valence electrons. The van der Waals surface area contributed by atoms with Crippen molar-refractivity contribution in [3.63, 3.8) is 0 Å². The number of carbonyl (C=O) groups is 1. The number of sulfonamides is 1. The number of hydrogen-bond donors (Lipinski definition) is 3. The number of nitrogens with one attached hydrogen (secondary N) is 2. The highest BCUT2D eigenvalue weighted by Crippen LogP contribution is 2.37. The van der Waals surface area contributed by atoms with Gasteiger partial charge >= 0.3 is 0 Å². The monoisotopic (exact) mass is 647 g/mol. The molecule has 0 unspecified atom stereocenters. The summed E-state index contributed by atoms with van der Waals surface area (Å²) in [5.41, 5.74) is -0.112. The lowest BCUT2D eigenvalue weighted by molar-refractivity contribution is -0.385. The van der Waals surface area contributed by atoms with Gasteiger partial charge in [-0.05, 0) is 61.1 Å². The van der Waals surface area contributed by atoms with Gasteiger partial charge in [0.1, 0.15) is 17.8 Å². The van der Waals surface area contributed by atoms with Crippen LogP contribution in [0.2, 0.25) is 0 Å². The second-order valence-electron chi connectivity index (χ2n) is 10.9. The first-order valence-electron chi connectivity index (χ1n) is 15.1. The highest BCUT2D eigenvalue weighted by atomic mass is 32.2. The first kappa shape index (κ1) is 34.1. The fourth-order valence-corrected chi connectivity index (χ4v) is 6.95. The van der Waals surface area contributed by atoms with E-state index in [1.165, 1.54) is 37.8 Å². The fourth-order valence-electron chi connectivity index (χ4n) is 5.53. The van der Waals surface area contributed by atoms with E-state index in [-0.39, 0.29) is 55.1 Å². The largest absolute Gasteiger partial charge is 0.497 e. The van der Waals surface area contributed by atoms with Gasteiger partial charge in [0.05, 0.1) is 30.1 Å². The van der Waals surface area contributed by atoms with Gasteiger partial charge in [0.25, 0.3) is 11.6 Å². The van der Waals surface area contributed by atoms with Crippen molar-refractivity contribution in [3.8, 4) is 5.75 Å². The standard InChI is InChI=1S/C30H41N5O9S/c1-42-25-8-10-26(11-9-25)45(40,41)34(15-17-36)16-18-43-29-20-23(22-5-3-2-4-6-22)19-27(44-29)30(37)32-14-13-31-28-12-7-24(21-33-28)35(38)39/h7-12,19,21-23,29,36H,2-6,13-18,20H2,1H3,(H,31,33)(H,32,37)/t23-,29+/m0/s1. The summed E-state index contributed by atoms with van der Waals surface area (Å²) in [6, 6.07) is 8.86. The Bertz CT molecular complexity index is 1400. The van der Waals surface area contributed by atoms with E-state index < -0.39 is 27.1 Å². The maximum Gasteiger partial charge on any atom is 0.287 e. The average molecular weight is 648 g/mol. The number of carbonyl (C=O) groups excluding carboxylic acids is 1. The predicted octanol–water partition coefficient (Wildman–Crippen LogP) is 3.05. The van der Waals surface area contributed by atoms with Crippen molar-refractivity contribution >= 4 is 27.4 Å². The molecule has 1 aromatic heterocycles. The maximum atomic E-state index is 13.3. The molecule has 1 aliphatic heterocycles. The van der Waals surface area contributed by atoms with E-state index in [1.54, 1.807) is 12.1 Å². The van der Waals surface area contributed by atoms with Crippen LogP contribution in [-0.4, -0.2) is 86.4 Å². The zero-order valence-corrected chi connectivity index (χ0v) is 26.1. The molecule has 1 aromatic carbocycles. The molecule has 3 N–H and O–H groups in total. The molecule has 15 heteroatoms. The predicted molar refractivity (Wildman–Crippen MR) is 165 cm³/mol. The highest BCUT2D eigenvalue weighted by Gasteiger charge is 2.33. The molecule has 0 spiro atoms. The number of ether oxygens (including phenoxy) is 3. The lowest BCUT2D eigenvalue weighted by atomic mass is 9.77. The summed E-state index contributed by atoms with van der Waals surface area (Å²) in [6.07, 6.45) is 8.39. The Morgan fingerprint density at radius 2 is 1.89 bits per heavy atom. The highest BCUT2D eigenvalue weighted by molar-refractivity contribution is 7.89. The van der Waals surface area contributed by atoms with Crippen molar-refractivity contribution in [1.29, 1.82) is 0 Å². The molecule has 1 amide bonds. The number of pyridine rings is 1. The number of anilines is 1. The van der Waals surface area contributed by atoms with Gasteiger partial charge in [0, 0.05) is 38.7 Å². The number of methoxy groups -OCH3 is 1. The van der Waals surface area contributed by atoms with Crippen LogP contribution in [0.25, 0.3) is 0 Å². The van der Waals surface area contributed by atoms with Gasteiger partial charge in [-0.15, -0.1) is 0 Å². The SMILES string of the molecule is COc1ccc(S(=O)(=O)N(CCO)CCO[C@H]2C[C@@H](C3CCCCC3)C=C(C(=O)NCCNc3ccc([N+](=O)[O-])cn3)O2)cc1. The molecule has 0 radical (unpaired) electrons. The Morgan fingerprint density at radius 1 is 1.13 bits per heavy atom. The average Bonchev–Trinajstić information content (AvgIpc) is 3.06. The first-order valence-corrected chi connectivity index (χ1v) is 16.5. The van der Waals surface area contributed by atoms with Crippen molar-refractivity contribution in [1.82, 2.24) is 14.6 Å². The van der Waals surface area contributed by atoms with Gasteiger partial charge in [-0.3, -0.25) is 14.9 Å². The summed E-state index contributed by atoms with van der Waals surface area (Å²) >= 11 is 0. The van der Waals surface area contributed by atoms with E-state index in [0.29, 0.717) is 30.5 Å². The Kier molecular flexibility index (Phi) is 12.5. The van der Waals surface area contributed by atoms with Crippen molar-refractivity contribution in [2.45, 2.75) is 49.7 Å². The Morgan fingerprint density at radius 3 is 2.53 bits per heavy atom. The molecule has 0 bridgehead atoms. The Labute approximate surface area is 263 Å². The molecule has 14 nitrogen and oxygen atoms in total. The molecule has 0 saturated heterocycles. The Hall–Kier alpha value is -3.79. The number of nitro groups is 1. The van der Waals surface area contributed by atoms with Gasteiger partial charge < -0.3 is 30.0 Å². The summed E-state index contributed by atoms with van der Waals surface area (Å²) in [5.74, 6) is 1.20. The van der Waals surface area contributed by atoms with Crippen molar-refractivity contribution in [3.05, 3.63) is 64.5 Å². The minimum Gasteiger partial charge on any atom is -0.497 e. The minimum absolute atomic E-state index is 0.00149. The molecular weight excluding hydrogens is 606 g/mol. The van der Waals surface area contributed by atoms with Crippen molar-refractivity contribution in [2.24, 2.45) is 11.8 Å². The lowest BCUT2D eigenvalue weighted by Crippen LogP contribution is -2.39. The van der Waals surface area contributed by atoms with E-state index in [1.807, 2.05) is 6.08 Å². The first-order chi connectivity index (χ1) is 21.7. The third-order valence-corrected chi connectivity index (χ3v) is 9.85. The van der Waals surface area contributed by atoms with Crippen LogP contribution in [0.5, 0.6) is 5.75 Å². The van der Waals surface area contributed by atoms with Gasteiger partial charge in [0.2, 0.25) is 16.3 Å². The van der Waals surface area contributed by atoms with Crippen molar-refractivity contribution in [2.75, 3.05) is 51.8 Å². The van der Waals surface area contributed by atoms with E-state index in [2.05, 4.69) is 15.6 Å². The van der Waals surface area contributed by atoms with Crippen LogP contribution >= 0.6 is 0 Å². The van der Waals surface area contributed by atoms with Crippen LogP contribution in [0, 0.1) is 22.0 Å². The van der Waals surface area contributed by atoms with E-state index in [9.17, 15) is 28.4 Å². The van der Waals surface area contributed by atoms with Crippen LogP contribution in [0.1, 0.15) is 38.5 Å². The smallest absolute Gasteiger partial charge is 0.287 e. The van der Waals surface area contributed by atoms with Crippen LogP contribution in [-0.2, 0) is 24.3 Å². The number of hydrogen-bond acceptors (Lipinski definition) is 11. The van der Waals surface area contributed by atoms with Crippen molar-refractivity contribution < 1.29 is 37.5 Å². The van der Waals surface area contributed by atoms with E-state index in [4.69, 9.17) is 14.2 Å². The number of aromatic nitrogens is 1. The summed E-state index contributed by atoms with van der Waals surface area (Å²) in [7, 11) is -2.41. The second-order valence-corrected chi connectivity index (χ2v) is 12.8. The molecule has 2 aliphatic rings. The molecule has 2 aromatic rings. The summed E-state index contributed by atoms with van der Waals surface area (Å²) in [5, 5.41) is 26.2. The summed E-state index contributed by atoms with van der Waals surface area (Å²) in [6.45, 7) is 0.0947. The van der Waals surface area contributed by atoms with Gasteiger partial charge in [-0.1, -0.05) is 19.3 Å². The van der Waals surface area contributed by atoms with Crippen LogP contribution in [0.15, 0.2) is 59.3 Å². The number of amides is 1. The Balaban J connectivity index is 1.34. The molecule has 1 aliphatic carbocycles. The third kappa shape index (κ3) is 9.60. The van der Waals surface area contributed by atoms with E-state index >= 15 is 0 Å². The number of aliphatic hydroxyl groups excluding tert-OH is 1. The zero-order chi connectivity index (χ0) is 32.2. The van der Waals surface area contributed by atoms with Crippen LogP contribution in [0.3, 0.4) is 0 Å². The third-order valence-electron chi connectivity index (χ3n) is 7.93. The quantitative estimate of drug-likeness (QED) is 0.138. The molecule has 4 rings (SSSR count). The second kappa shape index (κ2) is 16.5. The molecule has 1 fully saturated rings. The van der Waals surface area contributed by atoms with Crippen LogP contribution in [0.4, 0.5) is 11.5 Å². The fraction of sp³-hybridized carbons (Fsp3) is 0.533. The molecule has 2 atom stereocenters. The number of rotatable bonds is 16. The van der Waals surface area contributed by atoms with Gasteiger partial charge in [-0.2, -0.15) is 4.31 Å². The maximum absolute atomic E-state index is 13.3. The number of allylic oxidation sites excluding steroid dienone is 1. The van der Waals surface area contributed by atoms with Crippen LogP contribution < -0.4 is 15.4 Å². The summed E-state index contributed by atoms with van der Waals surface area (Å²) in [4.78, 5) is 27.4. The normalized spacial score (nSPS) is 19.0. The summed E-state index contributed by atoms with van der Waals surface area (Å²) < 4.78 is 44.8. The topological polar surface area (TPSA) is 182 Å². The number of aliphatic hydroxyl groups is 1. The molecular formula is C30H41N5O9S. The minimum atomic E-state index is -3.90. The van der Waals surface area contributed by atoms with E-state index in [0.717, 1.165) is 36.2 Å².